The molecule has 8 nitrogen and oxygen atoms in total. The molecule has 0 radical (unpaired) electrons. The van der Waals surface area contributed by atoms with Gasteiger partial charge < -0.3 is 21.1 Å². The van der Waals surface area contributed by atoms with E-state index in [0.717, 1.165) is 18.4 Å². The molecule has 0 fully saturated rings. The van der Waals surface area contributed by atoms with Crippen molar-refractivity contribution >= 4 is 17.9 Å². The van der Waals surface area contributed by atoms with Crippen LogP contribution in [0.4, 0.5) is 4.79 Å². The van der Waals surface area contributed by atoms with Crippen molar-refractivity contribution in [1.82, 2.24) is 10.6 Å². The Morgan fingerprint density at radius 1 is 1.07 bits per heavy atom. The lowest BCUT2D eigenvalue weighted by Crippen LogP contribution is -2.44. The Labute approximate surface area is 171 Å². The molecule has 0 unspecified atom stereocenters. The number of primary amides is 1. The van der Waals surface area contributed by atoms with Crippen molar-refractivity contribution in [3.05, 3.63) is 35.9 Å². The molecule has 1 rings (SSSR count). The number of rotatable bonds is 14. The van der Waals surface area contributed by atoms with Crippen LogP contribution in [-0.4, -0.2) is 30.5 Å². The summed E-state index contributed by atoms with van der Waals surface area (Å²) in [4.78, 5) is 35.0. The van der Waals surface area contributed by atoms with Crippen LogP contribution in [0.15, 0.2) is 30.3 Å². The van der Waals surface area contributed by atoms with E-state index in [9.17, 15) is 14.4 Å². The molecule has 0 saturated carbocycles. The molecule has 0 heterocycles. The van der Waals surface area contributed by atoms with Crippen molar-refractivity contribution in [3.63, 3.8) is 0 Å². The van der Waals surface area contributed by atoms with Gasteiger partial charge in [0.25, 0.3) is 0 Å². The summed E-state index contributed by atoms with van der Waals surface area (Å²) < 4.78 is 5.11. The van der Waals surface area contributed by atoms with Gasteiger partial charge >= 0.3 is 6.09 Å². The summed E-state index contributed by atoms with van der Waals surface area (Å²) in [6, 6.07) is 10.8. The zero-order valence-corrected chi connectivity index (χ0v) is 16.7. The summed E-state index contributed by atoms with van der Waals surface area (Å²) in [6.45, 7) is 0.697. The van der Waals surface area contributed by atoms with E-state index < -0.39 is 18.0 Å². The maximum atomic E-state index is 11.9. The van der Waals surface area contributed by atoms with Gasteiger partial charge in [-0.1, -0.05) is 36.8 Å². The average molecular weight is 402 g/mol. The van der Waals surface area contributed by atoms with E-state index in [-0.39, 0.29) is 12.5 Å². The highest BCUT2D eigenvalue weighted by Gasteiger charge is 2.17. The maximum Gasteiger partial charge on any atom is 0.407 e. The SMILES string of the molecule is N#CCCCC[C@H](NC(=O)CCCCCNC(=O)OCc1ccccc1)C(N)=O. The molecule has 0 aliphatic rings. The summed E-state index contributed by atoms with van der Waals surface area (Å²) in [6.07, 6.45) is 4.16. The molecule has 0 saturated heterocycles. The Bertz CT molecular complexity index is 673. The van der Waals surface area contributed by atoms with Gasteiger partial charge in [0.15, 0.2) is 0 Å². The number of nitrogens with zero attached hydrogens (tertiary/aromatic N) is 1. The number of hydrogen-bond acceptors (Lipinski definition) is 5. The third kappa shape index (κ3) is 12.1. The van der Waals surface area contributed by atoms with Crippen LogP contribution < -0.4 is 16.4 Å². The molecule has 1 aromatic carbocycles. The van der Waals surface area contributed by atoms with Crippen LogP contribution in [-0.2, 0) is 20.9 Å². The molecule has 0 aliphatic heterocycles. The number of unbranched alkanes of at least 4 members (excludes halogenated alkanes) is 4. The van der Waals surface area contributed by atoms with E-state index in [1.54, 1.807) is 0 Å². The molecule has 0 spiro atoms. The molecular formula is C21H30N4O4. The van der Waals surface area contributed by atoms with Gasteiger partial charge in [0, 0.05) is 19.4 Å². The predicted molar refractivity (Wildman–Crippen MR) is 108 cm³/mol. The monoisotopic (exact) mass is 402 g/mol. The van der Waals surface area contributed by atoms with Crippen LogP contribution in [0, 0.1) is 11.3 Å². The summed E-state index contributed by atoms with van der Waals surface area (Å²) in [5.74, 6) is -0.780. The van der Waals surface area contributed by atoms with Crippen molar-refractivity contribution in [2.45, 2.75) is 64.0 Å². The van der Waals surface area contributed by atoms with Gasteiger partial charge in [-0.05, 0) is 37.7 Å². The number of nitrogens with one attached hydrogen (secondary N) is 2. The highest BCUT2D eigenvalue weighted by Crippen LogP contribution is 2.05. The quantitative estimate of drug-likeness (QED) is 0.411. The van der Waals surface area contributed by atoms with Crippen molar-refractivity contribution in [3.8, 4) is 6.07 Å². The molecule has 1 atom stereocenters. The Hall–Kier alpha value is -3.08. The Morgan fingerprint density at radius 2 is 1.83 bits per heavy atom. The number of hydrogen-bond donors (Lipinski definition) is 3. The number of carbonyl (C=O) groups is 3. The summed E-state index contributed by atoms with van der Waals surface area (Å²) in [5.41, 5.74) is 6.24. The number of benzene rings is 1. The van der Waals surface area contributed by atoms with Gasteiger partial charge in [0.2, 0.25) is 11.8 Å². The second-order valence-electron chi connectivity index (χ2n) is 6.73. The standard InChI is InChI=1S/C21H30N4O4/c22-14-8-2-6-12-18(20(23)27)25-19(26)13-7-3-9-15-24-21(28)29-16-17-10-4-1-5-11-17/h1,4-5,10-11,18H,2-3,6-9,12-13,15-16H2,(H2,23,27)(H,24,28)(H,25,26)/t18-/m0/s1. The fourth-order valence-corrected chi connectivity index (χ4v) is 2.66. The van der Waals surface area contributed by atoms with Crippen LogP contribution in [0.25, 0.3) is 0 Å². The molecular weight excluding hydrogens is 372 g/mol. The van der Waals surface area contributed by atoms with E-state index in [4.69, 9.17) is 15.7 Å². The molecule has 8 heteroatoms. The number of ether oxygens (including phenoxy) is 1. The van der Waals surface area contributed by atoms with E-state index in [2.05, 4.69) is 10.6 Å². The Balaban J connectivity index is 2.07. The minimum absolute atomic E-state index is 0.218. The number of carbonyl (C=O) groups excluding carboxylic acids is 3. The molecule has 4 N–H and O–H groups in total. The lowest BCUT2D eigenvalue weighted by molar-refractivity contribution is -0.127. The summed E-state index contributed by atoms with van der Waals surface area (Å²) in [5, 5.41) is 13.8. The predicted octanol–water partition coefficient (Wildman–Crippen LogP) is 2.53. The van der Waals surface area contributed by atoms with Crippen LogP contribution in [0.1, 0.15) is 56.9 Å². The van der Waals surface area contributed by atoms with Gasteiger partial charge in [-0.15, -0.1) is 0 Å². The highest BCUT2D eigenvalue weighted by molar-refractivity contribution is 5.86. The fraction of sp³-hybridized carbons (Fsp3) is 0.524. The van der Waals surface area contributed by atoms with Crippen LogP contribution >= 0.6 is 0 Å². The van der Waals surface area contributed by atoms with Crippen molar-refractivity contribution in [2.24, 2.45) is 5.73 Å². The summed E-state index contributed by atoms with van der Waals surface area (Å²) in [7, 11) is 0. The van der Waals surface area contributed by atoms with E-state index >= 15 is 0 Å². The topological polar surface area (TPSA) is 134 Å². The van der Waals surface area contributed by atoms with Crippen molar-refractivity contribution in [2.75, 3.05) is 6.54 Å². The van der Waals surface area contributed by atoms with Gasteiger partial charge in [-0.2, -0.15) is 5.26 Å². The van der Waals surface area contributed by atoms with Crippen molar-refractivity contribution < 1.29 is 19.1 Å². The second-order valence-corrected chi connectivity index (χ2v) is 6.73. The van der Waals surface area contributed by atoms with Gasteiger partial charge in [0.05, 0.1) is 6.07 Å². The normalized spacial score (nSPS) is 11.1. The van der Waals surface area contributed by atoms with Crippen LogP contribution in [0.2, 0.25) is 0 Å². The second kappa shape index (κ2) is 14.9. The minimum Gasteiger partial charge on any atom is -0.445 e. The molecule has 3 amide bonds. The molecule has 1 aromatic rings. The minimum atomic E-state index is -0.692. The van der Waals surface area contributed by atoms with E-state index in [1.807, 2.05) is 36.4 Å². The molecule has 0 bridgehead atoms. The lowest BCUT2D eigenvalue weighted by Gasteiger charge is -2.15. The molecule has 0 aliphatic carbocycles. The van der Waals surface area contributed by atoms with Crippen LogP contribution in [0.5, 0.6) is 0 Å². The number of nitrogens with two attached hydrogens (primary N) is 1. The third-order valence-corrected chi connectivity index (χ3v) is 4.27. The average Bonchev–Trinajstić information content (AvgIpc) is 2.71. The molecule has 29 heavy (non-hydrogen) atoms. The van der Waals surface area contributed by atoms with Gasteiger partial charge in [0.1, 0.15) is 12.6 Å². The third-order valence-electron chi connectivity index (χ3n) is 4.27. The first-order valence-corrected chi connectivity index (χ1v) is 9.93. The fourth-order valence-electron chi connectivity index (χ4n) is 2.66. The Morgan fingerprint density at radius 3 is 2.52 bits per heavy atom. The van der Waals surface area contributed by atoms with E-state index in [0.29, 0.717) is 45.1 Å². The largest absolute Gasteiger partial charge is 0.445 e. The maximum absolute atomic E-state index is 11.9. The first-order chi connectivity index (χ1) is 14.0. The van der Waals surface area contributed by atoms with E-state index in [1.165, 1.54) is 0 Å². The van der Waals surface area contributed by atoms with Crippen molar-refractivity contribution in [1.29, 1.82) is 5.26 Å². The Kier molecular flexibility index (Phi) is 12.3. The molecule has 0 aromatic heterocycles. The molecule has 158 valence electrons. The highest BCUT2D eigenvalue weighted by atomic mass is 16.5. The number of alkyl carbamates (subject to hydrolysis) is 1. The first kappa shape index (κ1) is 24.0. The zero-order valence-electron chi connectivity index (χ0n) is 16.7. The first-order valence-electron chi connectivity index (χ1n) is 9.93. The number of amides is 3. The smallest absolute Gasteiger partial charge is 0.407 e. The number of nitriles is 1. The zero-order chi connectivity index (χ0) is 21.3. The van der Waals surface area contributed by atoms with Gasteiger partial charge in [-0.25, -0.2) is 4.79 Å². The summed E-state index contributed by atoms with van der Waals surface area (Å²) >= 11 is 0. The van der Waals surface area contributed by atoms with Crippen LogP contribution in [0.3, 0.4) is 0 Å². The van der Waals surface area contributed by atoms with Gasteiger partial charge in [-0.3, -0.25) is 9.59 Å². The lowest BCUT2D eigenvalue weighted by atomic mass is 10.1.